The normalized spacial score (nSPS) is 18.8. The van der Waals surface area contributed by atoms with Crippen LogP contribution < -0.4 is 10.6 Å². The summed E-state index contributed by atoms with van der Waals surface area (Å²) >= 11 is 0. The van der Waals surface area contributed by atoms with Crippen LogP contribution in [-0.4, -0.2) is 30.4 Å². The molecule has 3 N–H and O–H groups in total. The quantitative estimate of drug-likeness (QED) is 0.745. The fourth-order valence-corrected chi connectivity index (χ4v) is 5.58. The van der Waals surface area contributed by atoms with Gasteiger partial charge in [0.15, 0.2) is 15.7 Å². The first-order valence-electron chi connectivity index (χ1n) is 9.47. The second-order valence-electron chi connectivity index (χ2n) is 7.46. The fraction of sp³-hybridized carbons (Fsp3) is 0.474. The monoisotopic (exact) mass is 388 g/mol. The number of nitrogens with one attached hydrogen (secondary N) is 3. The lowest BCUT2D eigenvalue weighted by molar-refractivity contribution is 0.262. The second kappa shape index (κ2) is 7.34. The molecule has 2 aliphatic rings. The second-order valence-corrected chi connectivity index (χ2v) is 9.53. The van der Waals surface area contributed by atoms with Gasteiger partial charge in [-0.15, -0.1) is 0 Å². The predicted molar refractivity (Wildman–Crippen MR) is 104 cm³/mol. The van der Waals surface area contributed by atoms with E-state index >= 15 is 0 Å². The molecule has 0 radical (unpaired) electrons. The molecule has 0 bridgehead atoms. The van der Waals surface area contributed by atoms with E-state index in [1.165, 1.54) is 38.2 Å². The maximum Gasteiger partial charge on any atom is 0.324 e. The molecule has 27 heavy (non-hydrogen) atoms. The first-order chi connectivity index (χ1) is 13.0. The molecule has 7 nitrogen and oxygen atoms in total. The van der Waals surface area contributed by atoms with E-state index in [2.05, 4.69) is 20.8 Å². The third-order valence-electron chi connectivity index (χ3n) is 5.41. The molecular formula is C19H24N4O3S. The van der Waals surface area contributed by atoms with Crippen molar-refractivity contribution in [3.05, 3.63) is 35.5 Å². The summed E-state index contributed by atoms with van der Waals surface area (Å²) in [6.07, 6.45) is 7.91. The summed E-state index contributed by atoms with van der Waals surface area (Å²) in [5.74, 6) is 1.29. The highest BCUT2D eigenvalue weighted by atomic mass is 32.2. The van der Waals surface area contributed by atoms with Gasteiger partial charge in [0.05, 0.1) is 10.6 Å². The van der Waals surface area contributed by atoms with E-state index in [9.17, 15) is 13.2 Å². The highest BCUT2D eigenvalue weighted by Crippen LogP contribution is 2.29. The Kier molecular flexibility index (Phi) is 4.90. The molecule has 8 heteroatoms. The molecule has 0 unspecified atom stereocenters. The van der Waals surface area contributed by atoms with Crippen LogP contribution in [0.5, 0.6) is 0 Å². The molecule has 2 aromatic rings. The largest absolute Gasteiger partial charge is 0.324 e. The Bertz CT molecular complexity index is 946. The van der Waals surface area contributed by atoms with Crippen LogP contribution in [0.1, 0.15) is 43.4 Å². The molecule has 1 aromatic heterocycles. The van der Waals surface area contributed by atoms with Gasteiger partial charge in [0.25, 0.3) is 0 Å². The minimum absolute atomic E-state index is 0.134. The van der Waals surface area contributed by atoms with Crippen molar-refractivity contribution in [2.45, 2.75) is 49.8 Å². The van der Waals surface area contributed by atoms with Gasteiger partial charge in [-0.1, -0.05) is 38.2 Å². The molecule has 2 heterocycles. The highest BCUT2D eigenvalue weighted by molar-refractivity contribution is 7.91. The molecule has 0 saturated heterocycles. The lowest BCUT2D eigenvalue weighted by Crippen LogP contribution is -2.19. The molecule has 1 aromatic carbocycles. The maximum absolute atomic E-state index is 12.2. The number of anilines is 2. The van der Waals surface area contributed by atoms with E-state index in [1.54, 1.807) is 12.1 Å². The predicted octanol–water partition coefficient (Wildman–Crippen LogP) is 3.51. The number of aromatic nitrogens is 2. The number of aryl methyl sites for hydroxylation is 1. The van der Waals surface area contributed by atoms with Gasteiger partial charge >= 0.3 is 6.03 Å². The Morgan fingerprint density at radius 2 is 1.96 bits per heavy atom. The Morgan fingerprint density at radius 3 is 2.78 bits per heavy atom. The van der Waals surface area contributed by atoms with Crippen LogP contribution in [0.2, 0.25) is 0 Å². The summed E-state index contributed by atoms with van der Waals surface area (Å²) < 4.78 is 24.0. The van der Waals surface area contributed by atoms with Crippen LogP contribution in [0.4, 0.5) is 16.3 Å². The Morgan fingerprint density at radius 1 is 1.15 bits per heavy atom. The molecule has 144 valence electrons. The molecule has 1 aliphatic heterocycles. The number of hydrogen-bond donors (Lipinski definition) is 3. The SMILES string of the molecule is O=C(Nc1ccc2c(c1)S(=O)(=O)CC2)Nc1cc(CC2CCCCC2)[nH]n1. The van der Waals surface area contributed by atoms with E-state index in [-0.39, 0.29) is 5.75 Å². The topological polar surface area (TPSA) is 104 Å². The average molecular weight is 388 g/mol. The summed E-state index contributed by atoms with van der Waals surface area (Å²) in [5, 5.41) is 12.5. The van der Waals surface area contributed by atoms with E-state index < -0.39 is 15.9 Å². The number of sulfone groups is 1. The number of urea groups is 1. The molecule has 1 aliphatic carbocycles. The van der Waals surface area contributed by atoms with Crippen molar-refractivity contribution >= 4 is 27.4 Å². The molecule has 1 fully saturated rings. The standard InChI is InChI=1S/C19H24N4O3S/c24-19(20-15-7-6-14-8-9-27(25,26)17(14)11-15)21-18-12-16(22-23-18)10-13-4-2-1-3-5-13/h6-7,11-13H,1-5,8-10H2,(H3,20,21,22,23,24). The number of amides is 2. The number of H-pyrrole nitrogens is 1. The van der Waals surface area contributed by atoms with Crippen molar-refractivity contribution in [2.75, 3.05) is 16.4 Å². The van der Waals surface area contributed by atoms with E-state index in [1.807, 2.05) is 6.07 Å². The number of rotatable bonds is 4. The third kappa shape index (κ3) is 4.16. The van der Waals surface area contributed by atoms with Gasteiger partial charge in [-0.25, -0.2) is 13.2 Å². The van der Waals surface area contributed by atoms with Crippen molar-refractivity contribution in [1.82, 2.24) is 10.2 Å². The Hall–Kier alpha value is -2.35. The van der Waals surface area contributed by atoms with Crippen LogP contribution in [0.15, 0.2) is 29.2 Å². The lowest BCUT2D eigenvalue weighted by Gasteiger charge is -2.20. The minimum Gasteiger partial charge on any atom is -0.308 e. The van der Waals surface area contributed by atoms with Gasteiger partial charge < -0.3 is 5.32 Å². The third-order valence-corrected chi connectivity index (χ3v) is 7.20. The minimum atomic E-state index is -3.22. The van der Waals surface area contributed by atoms with Crippen LogP contribution in [-0.2, 0) is 22.7 Å². The fourth-order valence-electron chi connectivity index (χ4n) is 3.99. The number of benzene rings is 1. The number of nitrogens with zero attached hydrogens (tertiary/aromatic N) is 1. The van der Waals surface area contributed by atoms with E-state index in [0.717, 1.165) is 17.7 Å². The lowest BCUT2D eigenvalue weighted by atomic mass is 9.86. The van der Waals surface area contributed by atoms with Crippen molar-refractivity contribution in [2.24, 2.45) is 5.92 Å². The molecular weight excluding hydrogens is 364 g/mol. The molecule has 0 spiro atoms. The number of carbonyl (C=O) groups is 1. The summed E-state index contributed by atoms with van der Waals surface area (Å²) in [5.41, 5.74) is 2.29. The summed E-state index contributed by atoms with van der Waals surface area (Å²) in [6.45, 7) is 0. The van der Waals surface area contributed by atoms with Crippen molar-refractivity contribution < 1.29 is 13.2 Å². The number of hydrogen-bond acceptors (Lipinski definition) is 4. The van der Waals surface area contributed by atoms with Crippen molar-refractivity contribution in [1.29, 1.82) is 0 Å². The van der Waals surface area contributed by atoms with Crippen molar-refractivity contribution in [3.63, 3.8) is 0 Å². The van der Waals surface area contributed by atoms with Gasteiger partial charge in [-0.3, -0.25) is 10.4 Å². The number of carbonyl (C=O) groups excluding carboxylic acids is 1. The van der Waals surface area contributed by atoms with Gasteiger partial charge in [0.1, 0.15) is 0 Å². The molecule has 0 atom stereocenters. The highest BCUT2D eigenvalue weighted by Gasteiger charge is 2.26. The van der Waals surface area contributed by atoms with Gasteiger partial charge in [0, 0.05) is 17.4 Å². The first kappa shape index (κ1) is 18.0. The zero-order valence-corrected chi connectivity index (χ0v) is 15.9. The van der Waals surface area contributed by atoms with Gasteiger partial charge in [-0.2, -0.15) is 5.10 Å². The Balaban J connectivity index is 1.36. The zero-order valence-electron chi connectivity index (χ0n) is 15.1. The zero-order chi connectivity index (χ0) is 18.9. The van der Waals surface area contributed by atoms with Crippen LogP contribution in [0.25, 0.3) is 0 Å². The first-order valence-corrected chi connectivity index (χ1v) is 11.1. The number of fused-ring (bicyclic) bond motifs is 1. The Labute approximate surface area is 158 Å². The number of aromatic amines is 1. The average Bonchev–Trinajstić information content (AvgIpc) is 3.20. The molecule has 1 saturated carbocycles. The summed E-state index contributed by atoms with van der Waals surface area (Å²) in [6, 6.07) is 6.42. The van der Waals surface area contributed by atoms with Gasteiger partial charge in [-0.05, 0) is 36.5 Å². The van der Waals surface area contributed by atoms with E-state index in [4.69, 9.17) is 0 Å². The van der Waals surface area contributed by atoms with Gasteiger partial charge in [0.2, 0.25) is 0 Å². The summed E-state index contributed by atoms with van der Waals surface area (Å²) in [4.78, 5) is 12.5. The smallest absolute Gasteiger partial charge is 0.308 e. The molecule has 4 rings (SSSR count). The van der Waals surface area contributed by atoms with Crippen molar-refractivity contribution in [3.8, 4) is 0 Å². The maximum atomic E-state index is 12.2. The van der Waals surface area contributed by atoms with Crippen LogP contribution in [0, 0.1) is 5.92 Å². The summed E-state index contributed by atoms with van der Waals surface area (Å²) in [7, 11) is -3.22. The van der Waals surface area contributed by atoms with E-state index in [0.29, 0.717) is 28.7 Å². The van der Waals surface area contributed by atoms with Crippen LogP contribution >= 0.6 is 0 Å². The van der Waals surface area contributed by atoms with Crippen LogP contribution in [0.3, 0.4) is 0 Å². The molecule has 2 amide bonds.